The number of Topliss-reactive ketones (excluding diaryl/α,β-unsaturated/α-hetero) is 1. The van der Waals surface area contributed by atoms with Gasteiger partial charge in [0.2, 0.25) is 5.91 Å². The third kappa shape index (κ3) is 13.7. The maximum absolute atomic E-state index is 13.6. The Morgan fingerprint density at radius 1 is 0.630 bits per heavy atom. The second-order valence-corrected chi connectivity index (χ2v) is 25.7. The predicted octanol–water partition coefficient (Wildman–Crippen LogP) is 14.9. The van der Waals surface area contributed by atoms with Gasteiger partial charge in [-0.1, -0.05) is 54.7 Å². The minimum Gasteiger partial charge on any atom is -1.00 e. The topological polar surface area (TPSA) is 96.3 Å². The van der Waals surface area contributed by atoms with E-state index < -0.39 is 11.2 Å². The molecule has 73 heavy (non-hydrogen) atoms. The third-order valence-corrected chi connectivity index (χ3v) is 21.6. The number of rotatable bonds is 4. The average molecular weight is 1040 g/mol. The zero-order valence-corrected chi connectivity index (χ0v) is 48.3. The number of amides is 1. The van der Waals surface area contributed by atoms with Crippen LogP contribution in [-0.2, 0) is 14.4 Å². The largest absolute Gasteiger partial charge is 2.00 e. The first kappa shape index (κ1) is 64.0. The standard InChI is InChI=1S/C28H40O2.C22H37NO3.C8H9.C4H8O.2CH4.ClH.Mg.H/c1-17-5-6-19(15-18(17)2)26(29)25-10-9-24-23-8-7-20-16-27(3,30)13-11-21(20)22(23)12-14-28(24,25)4;1-21(25)11-9-15-14(13-21)5-6-17-16(15)10-12-22(2)18(17)7-8-19(22)20(24)23(3)26-4;1-7-5-3-4-6-8(7)2;1-2-4-5-3-1;;;;;/h5-6,15,20-25,30H,7-14,16H2,1-4H3;14-19,25H,5-13H2,1-4H3;3,5-6H,1-2H3;1-4H2;2*1H4;1H;;/q;;-1;;;;;+2;-1/t20-,21+,22-,23-,24+,25-,27-,28+;14-,15+,16-,17-,18+,19-,21-,22+;;;;;;;/m11......./s1. The molecule has 0 aromatic heterocycles. The van der Waals surface area contributed by atoms with Crippen molar-refractivity contribution in [3.05, 3.63) is 70.3 Å². The molecule has 0 spiro atoms. The molecule has 7 nitrogen and oxygen atoms in total. The quantitative estimate of drug-likeness (QED) is 0.137. The number of aryl methyl sites for hydroxylation is 4. The molecule has 0 radical (unpaired) electrons. The van der Waals surface area contributed by atoms with Crippen molar-refractivity contribution in [2.24, 2.45) is 81.8 Å². The molecule has 2 aromatic carbocycles. The number of hydrogen-bond donors (Lipinski definition) is 2. The van der Waals surface area contributed by atoms with E-state index in [2.05, 4.69) is 71.9 Å². The second-order valence-electron chi connectivity index (χ2n) is 25.7. The maximum Gasteiger partial charge on any atom is 2.00 e. The fourth-order valence-electron chi connectivity index (χ4n) is 17.5. The number of carbonyl (C=O) groups excluding carboxylic acids is 2. The van der Waals surface area contributed by atoms with Crippen molar-refractivity contribution in [1.29, 1.82) is 0 Å². The smallest absolute Gasteiger partial charge is 1.00 e. The number of ether oxygens (including phenoxy) is 1. The Balaban J connectivity index is 0.000000298. The van der Waals surface area contributed by atoms with Crippen LogP contribution in [0.1, 0.15) is 205 Å². The molecule has 9 fully saturated rings. The summed E-state index contributed by atoms with van der Waals surface area (Å²) >= 11 is 0. The predicted molar refractivity (Wildman–Crippen MR) is 305 cm³/mol. The van der Waals surface area contributed by atoms with Crippen LogP contribution in [0.25, 0.3) is 0 Å². The van der Waals surface area contributed by atoms with Gasteiger partial charge in [-0.3, -0.25) is 14.4 Å². The number of halogens is 1. The summed E-state index contributed by atoms with van der Waals surface area (Å²) in [6, 6.07) is 15.3. The van der Waals surface area contributed by atoms with Gasteiger partial charge in [-0.15, -0.1) is 12.4 Å². The van der Waals surface area contributed by atoms with Crippen LogP contribution in [0, 0.1) is 116 Å². The zero-order chi connectivity index (χ0) is 49.5. The summed E-state index contributed by atoms with van der Waals surface area (Å²) in [5.41, 5.74) is 5.55. The first-order chi connectivity index (χ1) is 32.8. The van der Waals surface area contributed by atoms with E-state index in [4.69, 9.17) is 9.57 Å². The summed E-state index contributed by atoms with van der Waals surface area (Å²) < 4.78 is 4.94. The van der Waals surface area contributed by atoms with Gasteiger partial charge in [0.15, 0.2) is 5.78 Å². The van der Waals surface area contributed by atoms with Crippen molar-refractivity contribution in [3.8, 4) is 0 Å². The molecule has 1 heterocycles. The minimum absolute atomic E-state index is 0. The van der Waals surface area contributed by atoms with Gasteiger partial charge in [-0.2, -0.15) is 35.4 Å². The first-order valence-corrected chi connectivity index (χ1v) is 28.2. The molecule has 2 aromatic rings. The molecule has 11 rings (SSSR count). The molecule has 410 valence electrons. The van der Waals surface area contributed by atoms with Crippen molar-refractivity contribution in [2.45, 2.75) is 210 Å². The van der Waals surface area contributed by atoms with Crippen LogP contribution >= 0.6 is 12.4 Å². The Kier molecular flexibility index (Phi) is 23.2. The molecular weight excluding hydrogens is 938 g/mol. The molecule has 0 unspecified atom stereocenters. The molecular formula is C64H104ClMgNO6. The fourth-order valence-corrected chi connectivity index (χ4v) is 17.5. The number of hydrogen-bond acceptors (Lipinski definition) is 6. The molecule has 9 heteroatoms. The number of carbonyl (C=O) groups is 2. The fraction of sp³-hybridized carbons (Fsp3) is 0.781. The van der Waals surface area contributed by atoms with Gasteiger partial charge in [-0.05, 0) is 243 Å². The Morgan fingerprint density at radius 2 is 1.11 bits per heavy atom. The monoisotopic (exact) mass is 1040 g/mol. The van der Waals surface area contributed by atoms with Crippen molar-refractivity contribution in [2.75, 3.05) is 27.4 Å². The SMILES string of the molecule is C.C.C1CCOC1.CON(C)C(=O)[C@H]1CC[C@H]2[C@@H]3CC[C@@H]4C[C@](C)(O)CC[C@@H]4[C@H]3CC[C@]12C.Cc1c[c-]ccc1C.Cc1ccc(C(=O)[C@H]2CC[C@H]3[C@@H]4CC[C@@H]5C[C@](C)(O)CC[C@@H]5[C@H]4CC[C@]23C)cc1C.Cl.[H-].[Mg+2]. The summed E-state index contributed by atoms with van der Waals surface area (Å²) in [7, 11) is 3.34. The van der Waals surface area contributed by atoms with Gasteiger partial charge >= 0.3 is 23.1 Å². The van der Waals surface area contributed by atoms with E-state index in [1.165, 1.54) is 117 Å². The van der Waals surface area contributed by atoms with Crippen LogP contribution in [0.3, 0.4) is 0 Å². The number of nitrogens with zero attached hydrogens (tertiary/aromatic N) is 1. The van der Waals surface area contributed by atoms with E-state index in [-0.39, 0.29) is 80.3 Å². The molecule has 8 aliphatic carbocycles. The van der Waals surface area contributed by atoms with E-state index in [0.717, 1.165) is 111 Å². The van der Waals surface area contributed by atoms with Crippen molar-refractivity contribution >= 4 is 47.2 Å². The minimum atomic E-state index is -0.438. The second kappa shape index (κ2) is 26.4. The van der Waals surface area contributed by atoms with E-state index >= 15 is 0 Å². The third-order valence-electron chi connectivity index (χ3n) is 21.6. The molecule has 9 aliphatic rings. The van der Waals surface area contributed by atoms with Crippen molar-refractivity contribution < 1.29 is 30.8 Å². The number of aliphatic hydroxyl groups is 2. The van der Waals surface area contributed by atoms with E-state index in [1.54, 1.807) is 14.2 Å². The van der Waals surface area contributed by atoms with Crippen LogP contribution in [0.5, 0.6) is 0 Å². The summed E-state index contributed by atoms with van der Waals surface area (Å²) in [6.45, 7) is 19.4. The van der Waals surface area contributed by atoms with Crippen LogP contribution in [-0.4, -0.2) is 88.6 Å². The summed E-state index contributed by atoms with van der Waals surface area (Å²) in [4.78, 5) is 31.7. The maximum atomic E-state index is 13.6. The van der Waals surface area contributed by atoms with Crippen LogP contribution in [0.15, 0.2) is 36.4 Å². The molecule has 1 aliphatic heterocycles. The van der Waals surface area contributed by atoms with Crippen LogP contribution in [0.2, 0.25) is 0 Å². The van der Waals surface area contributed by atoms with Gasteiger partial charge in [0.05, 0.1) is 18.3 Å². The zero-order valence-electron chi connectivity index (χ0n) is 47.0. The first-order valence-electron chi connectivity index (χ1n) is 28.2. The molecule has 2 N–H and O–H groups in total. The van der Waals surface area contributed by atoms with Gasteiger partial charge in [0, 0.05) is 37.7 Å². The molecule has 8 saturated carbocycles. The Bertz CT molecular complexity index is 2070. The average Bonchev–Trinajstić information content (AvgIpc) is 4.10. The van der Waals surface area contributed by atoms with Crippen LogP contribution < -0.4 is 0 Å². The van der Waals surface area contributed by atoms with Crippen LogP contribution in [0.4, 0.5) is 0 Å². The van der Waals surface area contributed by atoms with Gasteiger partial charge in [0.1, 0.15) is 0 Å². The van der Waals surface area contributed by atoms with Crippen molar-refractivity contribution in [3.63, 3.8) is 0 Å². The molecule has 1 saturated heterocycles. The van der Waals surface area contributed by atoms with Gasteiger partial charge in [-0.25, -0.2) is 5.06 Å². The molecule has 16 atom stereocenters. The number of benzene rings is 2. The molecule has 1 amide bonds. The Morgan fingerprint density at radius 3 is 1.55 bits per heavy atom. The van der Waals surface area contributed by atoms with E-state index in [0.29, 0.717) is 11.7 Å². The van der Waals surface area contributed by atoms with Gasteiger partial charge in [0.25, 0.3) is 0 Å². The number of ketones is 1. The van der Waals surface area contributed by atoms with E-state index in [1.807, 2.05) is 26.0 Å². The van der Waals surface area contributed by atoms with E-state index in [9.17, 15) is 19.8 Å². The summed E-state index contributed by atoms with van der Waals surface area (Å²) in [5, 5.41) is 22.6. The normalized spacial score (nSPS) is 39.3. The molecule has 0 bridgehead atoms. The number of fused-ring (bicyclic) bond motifs is 10. The number of hydroxylamine groups is 2. The van der Waals surface area contributed by atoms with Crippen molar-refractivity contribution in [1.82, 2.24) is 5.06 Å². The summed E-state index contributed by atoms with van der Waals surface area (Å²) in [5.74, 6) is 8.71. The van der Waals surface area contributed by atoms with Gasteiger partial charge < -0.3 is 16.4 Å². The Hall–Kier alpha value is -1.52. The Labute approximate surface area is 469 Å². The summed E-state index contributed by atoms with van der Waals surface area (Å²) in [6.07, 6.45) is 23.7.